The molecule has 1 aliphatic carbocycles. The lowest BCUT2D eigenvalue weighted by atomic mass is 9.95. The fraction of sp³-hybridized carbons (Fsp3) is 0.318. The average Bonchev–Trinajstić information content (AvgIpc) is 2.72. The first-order valence-electron chi connectivity index (χ1n) is 9.55. The monoisotopic (exact) mass is 380 g/mol. The van der Waals surface area contributed by atoms with Crippen LogP contribution in [0.25, 0.3) is 11.1 Å². The van der Waals surface area contributed by atoms with Crippen molar-refractivity contribution in [1.29, 1.82) is 0 Å². The van der Waals surface area contributed by atoms with Crippen LogP contribution < -0.4 is 10.6 Å². The molecule has 0 saturated heterocycles. The predicted molar refractivity (Wildman–Crippen MR) is 106 cm³/mol. The molecule has 2 aromatic carbocycles. The number of hydrogen-bond acceptors (Lipinski definition) is 3. The first-order valence-corrected chi connectivity index (χ1v) is 9.55. The minimum atomic E-state index is -1.06. The van der Waals surface area contributed by atoms with Gasteiger partial charge in [-0.05, 0) is 36.1 Å². The molecule has 0 unspecified atom stereocenters. The Morgan fingerprint density at radius 1 is 0.857 bits per heavy atom. The summed E-state index contributed by atoms with van der Waals surface area (Å²) in [4.78, 5) is 36.3. The van der Waals surface area contributed by atoms with Crippen LogP contribution in [0.5, 0.6) is 0 Å². The van der Waals surface area contributed by atoms with Crippen LogP contribution in [0.2, 0.25) is 0 Å². The van der Waals surface area contributed by atoms with Gasteiger partial charge in [-0.15, -0.1) is 0 Å². The Morgan fingerprint density at radius 3 is 2.07 bits per heavy atom. The first kappa shape index (κ1) is 19.6. The molecule has 6 nitrogen and oxygen atoms in total. The minimum absolute atomic E-state index is 0.107. The van der Waals surface area contributed by atoms with E-state index in [-0.39, 0.29) is 24.1 Å². The van der Waals surface area contributed by atoms with Crippen molar-refractivity contribution >= 4 is 17.8 Å². The number of carboxylic acids is 1. The highest BCUT2D eigenvalue weighted by Gasteiger charge is 2.19. The van der Waals surface area contributed by atoms with Gasteiger partial charge >= 0.3 is 5.97 Å². The standard InChI is InChI=1S/C22H24N2O4/c25-20(24-15-8-2-1-3-9-15)14-23-21(26)18-12-6-4-10-16(18)17-11-5-7-13-19(17)22(27)28/h4-7,10-13,15H,1-3,8-9,14H2,(H,23,26)(H,24,25)(H,27,28). The highest BCUT2D eigenvalue weighted by atomic mass is 16.4. The fourth-order valence-corrected chi connectivity index (χ4v) is 3.60. The fourth-order valence-electron chi connectivity index (χ4n) is 3.60. The van der Waals surface area contributed by atoms with Gasteiger partial charge in [0.2, 0.25) is 5.91 Å². The second-order valence-electron chi connectivity index (χ2n) is 6.98. The summed E-state index contributed by atoms with van der Waals surface area (Å²) >= 11 is 0. The van der Waals surface area contributed by atoms with Gasteiger partial charge in [0.1, 0.15) is 0 Å². The lowest BCUT2D eigenvalue weighted by Gasteiger charge is -2.22. The van der Waals surface area contributed by atoms with Crippen molar-refractivity contribution in [2.24, 2.45) is 0 Å². The van der Waals surface area contributed by atoms with Crippen molar-refractivity contribution in [2.75, 3.05) is 6.54 Å². The van der Waals surface area contributed by atoms with Gasteiger partial charge in [0.15, 0.2) is 0 Å². The molecule has 2 aromatic rings. The van der Waals surface area contributed by atoms with Crippen molar-refractivity contribution in [3.8, 4) is 11.1 Å². The summed E-state index contributed by atoms with van der Waals surface area (Å²) in [6.45, 7) is -0.107. The van der Waals surface area contributed by atoms with Crippen LogP contribution in [-0.2, 0) is 4.79 Å². The minimum Gasteiger partial charge on any atom is -0.478 e. The number of aromatic carboxylic acids is 1. The zero-order valence-electron chi connectivity index (χ0n) is 15.6. The second kappa shape index (κ2) is 9.17. The summed E-state index contributed by atoms with van der Waals surface area (Å²) < 4.78 is 0. The van der Waals surface area contributed by atoms with Crippen LogP contribution in [0, 0.1) is 0 Å². The van der Waals surface area contributed by atoms with E-state index >= 15 is 0 Å². The topological polar surface area (TPSA) is 95.5 Å². The average molecular weight is 380 g/mol. The van der Waals surface area contributed by atoms with E-state index in [4.69, 9.17) is 0 Å². The summed E-state index contributed by atoms with van der Waals surface area (Å²) in [5.41, 5.74) is 1.44. The largest absolute Gasteiger partial charge is 0.478 e. The van der Waals surface area contributed by atoms with E-state index in [2.05, 4.69) is 10.6 Å². The van der Waals surface area contributed by atoms with Gasteiger partial charge in [0, 0.05) is 11.6 Å². The first-order chi connectivity index (χ1) is 13.6. The Kier molecular flexibility index (Phi) is 6.42. The molecule has 0 aliphatic heterocycles. The molecule has 0 bridgehead atoms. The molecule has 6 heteroatoms. The Labute approximate surface area is 164 Å². The van der Waals surface area contributed by atoms with Gasteiger partial charge < -0.3 is 15.7 Å². The van der Waals surface area contributed by atoms with Gasteiger partial charge in [-0.1, -0.05) is 55.7 Å². The van der Waals surface area contributed by atoms with E-state index in [1.54, 1.807) is 42.5 Å². The Balaban J connectivity index is 1.71. The summed E-state index contributed by atoms with van der Waals surface area (Å²) in [6.07, 6.45) is 5.40. The maximum absolute atomic E-state index is 12.7. The number of carbonyl (C=O) groups excluding carboxylic acids is 2. The SMILES string of the molecule is O=C(CNC(=O)c1ccccc1-c1ccccc1C(=O)O)NC1CCCCC1. The third-order valence-electron chi connectivity index (χ3n) is 5.00. The van der Waals surface area contributed by atoms with E-state index < -0.39 is 11.9 Å². The van der Waals surface area contributed by atoms with E-state index in [0.717, 1.165) is 25.7 Å². The maximum Gasteiger partial charge on any atom is 0.336 e. The number of amides is 2. The van der Waals surface area contributed by atoms with Crippen LogP contribution in [-0.4, -0.2) is 35.5 Å². The smallest absolute Gasteiger partial charge is 0.336 e. The highest BCUT2D eigenvalue weighted by molar-refractivity contribution is 6.05. The molecule has 3 N–H and O–H groups in total. The molecule has 1 saturated carbocycles. The van der Waals surface area contributed by atoms with Crippen molar-refractivity contribution in [3.63, 3.8) is 0 Å². The summed E-state index contributed by atoms with van der Waals surface area (Å²) in [5, 5.41) is 15.0. The molecule has 28 heavy (non-hydrogen) atoms. The molecule has 3 rings (SSSR count). The third kappa shape index (κ3) is 4.76. The Hall–Kier alpha value is -3.15. The Bertz CT molecular complexity index is 872. The number of carbonyl (C=O) groups is 3. The quantitative estimate of drug-likeness (QED) is 0.717. The number of carboxylic acid groups (broad SMARTS) is 1. The second-order valence-corrected chi connectivity index (χ2v) is 6.98. The number of hydrogen-bond donors (Lipinski definition) is 3. The number of benzene rings is 2. The van der Waals surface area contributed by atoms with Crippen LogP contribution in [0.3, 0.4) is 0 Å². The van der Waals surface area contributed by atoms with Crippen molar-refractivity contribution in [2.45, 2.75) is 38.1 Å². The third-order valence-corrected chi connectivity index (χ3v) is 5.00. The maximum atomic E-state index is 12.7. The predicted octanol–water partition coefficient (Wildman–Crippen LogP) is 3.23. The van der Waals surface area contributed by atoms with E-state index in [0.29, 0.717) is 16.7 Å². The molecule has 146 valence electrons. The molecule has 0 spiro atoms. The van der Waals surface area contributed by atoms with Crippen LogP contribution in [0.4, 0.5) is 0 Å². The van der Waals surface area contributed by atoms with Gasteiger partial charge in [0.05, 0.1) is 12.1 Å². The molecule has 0 aromatic heterocycles. The molecule has 2 amide bonds. The van der Waals surface area contributed by atoms with Crippen molar-refractivity contribution < 1.29 is 19.5 Å². The van der Waals surface area contributed by atoms with E-state index in [9.17, 15) is 19.5 Å². The summed E-state index contributed by atoms with van der Waals surface area (Å²) in [6, 6.07) is 13.5. The van der Waals surface area contributed by atoms with Gasteiger partial charge in [-0.2, -0.15) is 0 Å². The summed E-state index contributed by atoms with van der Waals surface area (Å²) in [7, 11) is 0. The molecule has 1 fully saturated rings. The molecular formula is C22H24N2O4. The van der Waals surface area contributed by atoms with Gasteiger partial charge in [0.25, 0.3) is 5.91 Å². The molecule has 0 atom stereocenters. The van der Waals surface area contributed by atoms with Crippen LogP contribution in [0.1, 0.15) is 52.8 Å². The zero-order chi connectivity index (χ0) is 19.9. The normalized spacial score (nSPS) is 14.3. The lowest BCUT2D eigenvalue weighted by Crippen LogP contribution is -2.42. The summed E-state index contributed by atoms with van der Waals surface area (Å²) in [5.74, 6) is -1.67. The number of nitrogens with one attached hydrogen (secondary N) is 2. The van der Waals surface area contributed by atoms with Crippen molar-refractivity contribution in [3.05, 3.63) is 59.7 Å². The van der Waals surface area contributed by atoms with Crippen molar-refractivity contribution in [1.82, 2.24) is 10.6 Å². The van der Waals surface area contributed by atoms with Gasteiger partial charge in [-0.25, -0.2) is 4.79 Å². The van der Waals surface area contributed by atoms with E-state index in [1.165, 1.54) is 12.5 Å². The molecule has 0 radical (unpaired) electrons. The van der Waals surface area contributed by atoms with E-state index in [1.807, 2.05) is 0 Å². The molecule has 0 heterocycles. The number of rotatable bonds is 6. The van der Waals surface area contributed by atoms with Crippen LogP contribution >= 0.6 is 0 Å². The lowest BCUT2D eigenvalue weighted by molar-refractivity contribution is -0.121. The Morgan fingerprint density at radius 2 is 1.43 bits per heavy atom. The highest BCUT2D eigenvalue weighted by Crippen LogP contribution is 2.27. The van der Waals surface area contributed by atoms with Gasteiger partial charge in [-0.3, -0.25) is 9.59 Å². The molecular weight excluding hydrogens is 356 g/mol. The van der Waals surface area contributed by atoms with Crippen LogP contribution in [0.15, 0.2) is 48.5 Å². The zero-order valence-corrected chi connectivity index (χ0v) is 15.6. The molecule has 1 aliphatic rings.